The second kappa shape index (κ2) is 7.70. The number of epoxide rings is 2. The molecule has 0 spiro atoms. The van der Waals surface area contributed by atoms with E-state index in [9.17, 15) is 19.2 Å². The van der Waals surface area contributed by atoms with Crippen molar-refractivity contribution in [3.63, 3.8) is 0 Å². The van der Waals surface area contributed by atoms with Crippen molar-refractivity contribution in [2.45, 2.75) is 69.2 Å². The van der Waals surface area contributed by atoms with Crippen LogP contribution in [0.1, 0.15) is 33.6 Å². The molecule has 10 heteroatoms. The van der Waals surface area contributed by atoms with E-state index in [1.807, 2.05) is 6.92 Å². The summed E-state index contributed by atoms with van der Waals surface area (Å²) in [7, 11) is 1.19. The molecule has 10 nitrogen and oxygen atoms in total. The molecule has 0 amide bonds. The first kappa shape index (κ1) is 22.5. The summed E-state index contributed by atoms with van der Waals surface area (Å²) < 4.78 is 32.8. The Balaban J connectivity index is 1.83. The zero-order valence-corrected chi connectivity index (χ0v) is 18.4. The highest BCUT2D eigenvalue weighted by atomic mass is 16.7. The lowest BCUT2D eigenvalue weighted by Crippen LogP contribution is -2.49. The van der Waals surface area contributed by atoms with Crippen molar-refractivity contribution in [2.75, 3.05) is 13.7 Å². The van der Waals surface area contributed by atoms with Crippen LogP contribution in [-0.4, -0.2) is 73.2 Å². The quantitative estimate of drug-likeness (QED) is 0.262. The molecular formula is C22H26O10. The van der Waals surface area contributed by atoms with Gasteiger partial charge in [-0.15, -0.1) is 0 Å². The van der Waals surface area contributed by atoms with E-state index in [1.165, 1.54) is 14.0 Å². The Bertz CT molecular complexity index is 916. The van der Waals surface area contributed by atoms with Gasteiger partial charge in [-0.2, -0.15) is 0 Å². The van der Waals surface area contributed by atoms with E-state index in [1.54, 1.807) is 13.0 Å². The first-order chi connectivity index (χ1) is 15.0. The SMILES string of the molecule is C=C1C(=O)O[C@H]2[C@H]1[C@H](OC(=O)[C@]1(C)CO1)[C@H](OC(C)=O)/C(C(=O)OC)=C\CC[C@@]1(C)O[C@@H]21. The van der Waals surface area contributed by atoms with Crippen LogP contribution in [0.25, 0.3) is 0 Å². The third-order valence-corrected chi connectivity index (χ3v) is 6.43. The van der Waals surface area contributed by atoms with Crippen molar-refractivity contribution in [3.05, 3.63) is 23.8 Å². The lowest BCUT2D eigenvalue weighted by molar-refractivity contribution is -0.174. The van der Waals surface area contributed by atoms with E-state index in [-0.39, 0.29) is 17.8 Å². The number of esters is 4. The standard InChI is InChI=1S/C22H26O10/c1-10-13-15(31-20(26)22(4)9-28-22)14(29-11(2)23)12(19(25)27-5)7-6-8-21(3)17(32-21)16(13)30-18(10)24/h7,13-17H,1,6,8-9H2,2-5H3/b12-7+/t13-,14-,15+,16+,17+,21-,22+/m1/s1. The van der Waals surface area contributed by atoms with Gasteiger partial charge in [0.2, 0.25) is 0 Å². The van der Waals surface area contributed by atoms with Gasteiger partial charge in [0.05, 0.1) is 30.8 Å². The molecule has 0 aromatic carbocycles. The predicted molar refractivity (Wildman–Crippen MR) is 105 cm³/mol. The number of rotatable bonds is 4. The average Bonchev–Trinajstić information content (AvgIpc) is 3.61. The molecule has 3 fully saturated rings. The van der Waals surface area contributed by atoms with Gasteiger partial charge >= 0.3 is 23.9 Å². The van der Waals surface area contributed by atoms with Crippen molar-refractivity contribution in [3.8, 4) is 0 Å². The summed E-state index contributed by atoms with van der Waals surface area (Å²) in [6.45, 7) is 8.59. The summed E-state index contributed by atoms with van der Waals surface area (Å²) in [6.07, 6.45) is -1.45. The normalized spacial score (nSPS) is 41.8. The van der Waals surface area contributed by atoms with Gasteiger partial charge in [0.15, 0.2) is 17.8 Å². The van der Waals surface area contributed by atoms with Crippen molar-refractivity contribution < 1.29 is 47.6 Å². The molecule has 0 bridgehead atoms. The first-order valence-corrected chi connectivity index (χ1v) is 10.4. The molecule has 0 saturated carbocycles. The molecule has 0 unspecified atom stereocenters. The number of hydrogen-bond acceptors (Lipinski definition) is 10. The Morgan fingerprint density at radius 3 is 2.50 bits per heavy atom. The highest BCUT2D eigenvalue weighted by molar-refractivity contribution is 5.93. The largest absolute Gasteiger partial charge is 0.466 e. The van der Waals surface area contributed by atoms with Crippen molar-refractivity contribution in [1.29, 1.82) is 0 Å². The van der Waals surface area contributed by atoms with Gasteiger partial charge < -0.3 is 28.4 Å². The minimum Gasteiger partial charge on any atom is -0.466 e. The van der Waals surface area contributed by atoms with Gasteiger partial charge in [0.25, 0.3) is 0 Å². The smallest absolute Gasteiger partial charge is 0.341 e. The van der Waals surface area contributed by atoms with Gasteiger partial charge in [-0.05, 0) is 26.7 Å². The molecule has 3 saturated heterocycles. The molecule has 3 aliphatic heterocycles. The number of fused-ring (bicyclic) bond motifs is 3. The second-order valence-corrected chi connectivity index (χ2v) is 8.88. The Hall–Kier alpha value is -2.72. The maximum absolute atomic E-state index is 12.8. The molecule has 0 N–H and O–H groups in total. The molecule has 4 aliphatic rings. The van der Waals surface area contributed by atoms with Crippen LogP contribution in [0.15, 0.2) is 23.8 Å². The summed E-state index contributed by atoms with van der Waals surface area (Å²) in [5.41, 5.74) is -1.72. The number of hydrogen-bond donors (Lipinski definition) is 0. The third kappa shape index (κ3) is 3.81. The van der Waals surface area contributed by atoms with Gasteiger partial charge in [-0.1, -0.05) is 12.7 Å². The summed E-state index contributed by atoms with van der Waals surface area (Å²) >= 11 is 0. The maximum atomic E-state index is 12.8. The minimum atomic E-state index is -1.35. The zero-order valence-electron chi connectivity index (χ0n) is 18.4. The summed E-state index contributed by atoms with van der Waals surface area (Å²) in [5.74, 6) is -3.77. The highest BCUT2D eigenvalue weighted by Crippen LogP contribution is 2.51. The van der Waals surface area contributed by atoms with E-state index in [0.29, 0.717) is 12.8 Å². The van der Waals surface area contributed by atoms with Crippen molar-refractivity contribution >= 4 is 23.9 Å². The molecule has 3 heterocycles. The van der Waals surface area contributed by atoms with Gasteiger partial charge in [-0.3, -0.25) is 4.79 Å². The van der Waals surface area contributed by atoms with Crippen LogP contribution in [0, 0.1) is 5.92 Å². The second-order valence-electron chi connectivity index (χ2n) is 8.88. The van der Waals surface area contributed by atoms with Crippen molar-refractivity contribution in [2.24, 2.45) is 5.92 Å². The lowest BCUT2D eigenvalue weighted by Gasteiger charge is -2.34. The van der Waals surface area contributed by atoms with E-state index >= 15 is 0 Å². The monoisotopic (exact) mass is 450 g/mol. The highest BCUT2D eigenvalue weighted by Gasteiger charge is 2.65. The van der Waals surface area contributed by atoms with Crippen LogP contribution < -0.4 is 0 Å². The minimum absolute atomic E-state index is 0.00373. The van der Waals surface area contributed by atoms with Crippen LogP contribution in [0.3, 0.4) is 0 Å². The van der Waals surface area contributed by atoms with E-state index in [4.69, 9.17) is 28.4 Å². The Kier molecular flexibility index (Phi) is 5.41. The number of carbonyl (C=O) groups excluding carboxylic acids is 4. The van der Waals surface area contributed by atoms with E-state index in [0.717, 1.165) is 0 Å². The van der Waals surface area contributed by atoms with Crippen LogP contribution in [0.2, 0.25) is 0 Å². The fourth-order valence-corrected chi connectivity index (χ4v) is 4.35. The molecule has 0 radical (unpaired) electrons. The maximum Gasteiger partial charge on any atom is 0.341 e. The summed E-state index contributed by atoms with van der Waals surface area (Å²) in [6, 6.07) is 0. The van der Waals surface area contributed by atoms with E-state index < -0.39 is 65.4 Å². The third-order valence-electron chi connectivity index (χ3n) is 6.43. The Morgan fingerprint density at radius 2 is 1.91 bits per heavy atom. The fourth-order valence-electron chi connectivity index (χ4n) is 4.35. The number of carbonyl (C=O) groups is 4. The molecule has 32 heavy (non-hydrogen) atoms. The number of ether oxygens (including phenoxy) is 6. The Morgan fingerprint density at radius 1 is 1.22 bits per heavy atom. The number of allylic oxidation sites excluding steroid dienone is 1. The molecule has 174 valence electrons. The molecular weight excluding hydrogens is 424 g/mol. The van der Waals surface area contributed by atoms with Gasteiger partial charge in [-0.25, -0.2) is 14.4 Å². The first-order valence-electron chi connectivity index (χ1n) is 10.4. The van der Waals surface area contributed by atoms with Gasteiger partial charge in [0, 0.05) is 12.5 Å². The Labute approximate surface area is 184 Å². The summed E-state index contributed by atoms with van der Waals surface area (Å²) in [5, 5.41) is 0. The van der Waals surface area contributed by atoms with Crippen LogP contribution in [0.5, 0.6) is 0 Å². The molecule has 0 aromatic rings. The summed E-state index contributed by atoms with van der Waals surface area (Å²) in [4.78, 5) is 50.0. The molecule has 1 aliphatic carbocycles. The van der Waals surface area contributed by atoms with E-state index in [2.05, 4.69) is 6.58 Å². The van der Waals surface area contributed by atoms with Crippen LogP contribution in [-0.2, 0) is 47.6 Å². The topological polar surface area (TPSA) is 130 Å². The average molecular weight is 450 g/mol. The predicted octanol–water partition coefficient (Wildman–Crippen LogP) is 0.767. The van der Waals surface area contributed by atoms with Crippen LogP contribution >= 0.6 is 0 Å². The van der Waals surface area contributed by atoms with Crippen LogP contribution in [0.4, 0.5) is 0 Å². The lowest BCUT2D eigenvalue weighted by atomic mass is 9.80. The fraction of sp³-hybridized carbons (Fsp3) is 0.636. The number of methoxy groups -OCH3 is 1. The molecule has 4 rings (SSSR count). The zero-order chi connectivity index (χ0) is 23.4. The molecule has 0 aromatic heterocycles. The molecule has 7 atom stereocenters. The van der Waals surface area contributed by atoms with Crippen molar-refractivity contribution in [1.82, 2.24) is 0 Å². The van der Waals surface area contributed by atoms with Gasteiger partial charge in [0.1, 0.15) is 12.2 Å².